The lowest BCUT2D eigenvalue weighted by Crippen LogP contribution is -2.50. The Morgan fingerprint density at radius 3 is 2.67 bits per heavy atom. The van der Waals surface area contributed by atoms with Crippen molar-refractivity contribution in [2.75, 3.05) is 49.6 Å². The molecule has 0 aliphatic carbocycles. The van der Waals surface area contributed by atoms with Crippen molar-refractivity contribution in [1.82, 2.24) is 20.3 Å². The van der Waals surface area contributed by atoms with Gasteiger partial charge in [0.25, 0.3) is 0 Å². The van der Waals surface area contributed by atoms with Crippen molar-refractivity contribution in [2.45, 2.75) is 6.10 Å². The van der Waals surface area contributed by atoms with E-state index in [2.05, 4.69) is 55.8 Å². The molecule has 0 atom stereocenters. The van der Waals surface area contributed by atoms with Crippen LogP contribution in [0.15, 0.2) is 54.2 Å². The third-order valence-corrected chi connectivity index (χ3v) is 6.69. The number of anilines is 3. The molecule has 6 rings (SSSR count). The quantitative estimate of drug-likeness (QED) is 0.451. The molecule has 8 nitrogen and oxygen atoms in total. The van der Waals surface area contributed by atoms with Crippen LogP contribution in [0.25, 0.3) is 21.5 Å². The van der Waals surface area contributed by atoms with Crippen molar-refractivity contribution in [3.05, 3.63) is 54.2 Å². The summed E-state index contributed by atoms with van der Waals surface area (Å²) in [6.07, 6.45) is 3.81. The summed E-state index contributed by atoms with van der Waals surface area (Å²) >= 11 is 1.61. The van der Waals surface area contributed by atoms with Crippen molar-refractivity contribution in [2.24, 2.45) is 0 Å². The zero-order chi connectivity index (χ0) is 22.0. The Hall–Kier alpha value is -3.27. The first-order valence-electron chi connectivity index (χ1n) is 11.1. The number of thiazole rings is 1. The highest BCUT2D eigenvalue weighted by Crippen LogP contribution is 2.34. The number of hydrogen-bond donors (Lipinski definition) is 2. The maximum Gasteiger partial charge on any atom is 0.227 e. The van der Waals surface area contributed by atoms with Crippen molar-refractivity contribution >= 4 is 39.6 Å². The average molecular weight is 461 g/mol. The van der Waals surface area contributed by atoms with E-state index in [0.717, 1.165) is 72.3 Å². The van der Waals surface area contributed by atoms with Crippen molar-refractivity contribution < 1.29 is 9.47 Å². The summed E-state index contributed by atoms with van der Waals surface area (Å²) in [6.45, 7) is 5.07. The van der Waals surface area contributed by atoms with Crippen LogP contribution in [0.1, 0.15) is 0 Å². The van der Waals surface area contributed by atoms with Crippen molar-refractivity contribution in [3.63, 3.8) is 0 Å². The van der Waals surface area contributed by atoms with Crippen molar-refractivity contribution in [3.8, 4) is 16.3 Å². The van der Waals surface area contributed by atoms with Crippen LogP contribution in [0.4, 0.5) is 17.3 Å². The molecule has 4 aromatic rings. The number of hydrogen-bond acceptors (Lipinski definition) is 9. The Morgan fingerprint density at radius 1 is 1.09 bits per heavy atom. The number of fused-ring (bicyclic) bond motifs is 1. The topological polar surface area (TPSA) is 84.4 Å². The molecule has 2 fully saturated rings. The van der Waals surface area contributed by atoms with Crippen LogP contribution in [-0.2, 0) is 4.74 Å². The molecule has 4 heterocycles. The minimum atomic E-state index is 0.152. The summed E-state index contributed by atoms with van der Waals surface area (Å²) < 4.78 is 11.7. The van der Waals surface area contributed by atoms with E-state index in [1.807, 2.05) is 23.8 Å². The fraction of sp³-hybridized carbons (Fsp3) is 0.292. The molecule has 2 saturated heterocycles. The van der Waals surface area contributed by atoms with Gasteiger partial charge >= 0.3 is 0 Å². The molecule has 2 aliphatic heterocycles. The molecule has 2 aromatic carbocycles. The molecule has 2 N–H and O–H groups in total. The van der Waals surface area contributed by atoms with Gasteiger partial charge in [0.05, 0.1) is 13.2 Å². The fourth-order valence-corrected chi connectivity index (χ4v) is 4.61. The third-order valence-electron chi connectivity index (χ3n) is 5.86. The normalized spacial score (nSPS) is 16.5. The predicted octanol–water partition coefficient (Wildman–Crippen LogP) is 3.68. The number of aromatic nitrogens is 3. The van der Waals surface area contributed by atoms with Crippen LogP contribution in [0.5, 0.6) is 5.75 Å². The van der Waals surface area contributed by atoms with Gasteiger partial charge in [-0.25, -0.2) is 15.0 Å². The predicted molar refractivity (Wildman–Crippen MR) is 131 cm³/mol. The van der Waals surface area contributed by atoms with Gasteiger partial charge in [-0.15, -0.1) is 11.3 Å². The van der Waals surface area contributed by atoms with E-state index < -0.39 is 0 Å². The first-order valence-corrected chi connectivity index (χ1v) is 12.0. The maximum absolute atomic E-state index is 6.27. The standard InChI is InChI=1S/C24H24N6O2S/c1-3-19(30-6-8-31-9-7-30)4-2-18(1)28-24-27-13-17-11-16(23-26-5-10-33-23)12-21(22(17)29-24)32-20-14-25-15-20/h1-5,10-13,20,25H,6-9,14-15H2,(H,27,28,29). The zero-order valence-corrected chi connectivity index (χ0v) is 18.8. The summed E-state index contributed by atoms with van der Waals surface area (Å²) in [6, 6.07) is 12.5. The van der Waals surface area contributed by atoms with E-state index in [0.29, 0.717) is 5.95 Å². The van der Waals surface area contributed by atoms with Gasteiger partial charge in [0.15, 0.2) is 0 Å². The molecule has 2 aromatic heterocycles. The molecule has 168 valence electrons. The molecule has 0 bridgehead atoms. The maximum atomic E-state index is 6.27. The highest BCUT2D eigenvalue weighted by atomic mass is 32.1. The number of morpholine rings is 1. The van der Waals surface area contributed by atoms with E-state index >= 15 is 0 Å². The first-order chi connectivity index (χ1) is 16.3. The van der Waals surface area contributed by atoms with Gasteiger partial charge in [-0.05, 0) is 36.4 Å². The van der Waals surface area contributed by atoms with Gasteiger partial charge in [0.2, 0.25) is 5.95 Å². The van der Waals surface area contributed by atoms with E-state index in [1.54, 1.807) is 11.3 Å². The SMILES string of the molecule is c1csc(-c2cc(OC3CNC3)c3nc(Nc4ccc(N5CCOCC5)cc4)ncc3c2)n1. The summed E-state index contributed by atoms with van der Waals surface area (Å²) in [5, 5.41) is 10.4. The number of rotatable bonds is 6. The van der Waals surface area contributed by atoms with Gasteiger partial charge in [-0.3, -0.25) is 0 Å². The molecular formula is C24H24N6O2S. The molecule has 33 heavy (non-hydrogen) atoms. The van der Waals surface area contributed by atoms with Gasteiger partial charge in [-0.1, -0.05) is 0 Å². The second kappa shape index (κ2) is 8.93. The Labute approximate surface area is 195 Å². The van der Waals surface area contributed by atoms with Crippen LogP contribution in [0.2, 0.25) is 0 Å². The Kier molecular flexibility index (Phi) is 5.51. The molecule has 0 spiro atoms. The Balaban J connectivity index is 1.28. The lowest BCUT2D eigenvalue weighted by molar-refractivity contribution is 0.122. The van der Waals surface area contributed by atoms with E-state index in [4.69, 9.17) is 14.5 Å². The lowest BCUT2D eigenvalue weighted by Gasteiger charge is -2.29. The van der Waals surface area contributed by atoms with Crippen LogP contribution >= 0.6 is 11.3 Å². The summed E-state index contributed by atoms with van der Waals surface area (Å²) in [5.41, 5.74) is 3.95. The molecule has 0 amide bonds. The first kappa shape index (κ1) is 20.3. The fourth-order valence-electron chi connectivity index (χ4n) is 3.98. The summed E-state index contributed by atoms with van der Waals surface area (Å²) in [4.78, 5) is 16.1. The Bertz CT molecular complexity index is 1240. The van der Waals surface area contributed by atoms with Crippen LogP contribution in [0.3, 0.4) is 0 Å². The minimum Gasteiger partial charge on any atom is -0.485 e. The minimum absolute atomic E-state index is 0.152. The molecule has 0 unspecified atom stereocenters. The van der Waals surface area contributed by atoms with E-state index in [-0.39, 0.29) is 6.10 Å². The van der Waals surface area contributed by atoms with Crippen molar-refractivity contribution in [1.29, 1.82) is 0 Å². The van der Waals surface area contributed by atoms with Crippen LogP contribution in [0, 0.1) is 0 Å². The van der Waals surface area contributed by atoms with Gasteiger partial charge < -0.3 is 25.0 Å². The monoisotopic (exact) mass is 460 g/mol. The molecule has 2 aliphatic rings. The second-order valence-corrected chi connectivity index (χ2v) is 9.01. The number of benzene rings is 2. The second-order valence-electron chi connectivity index (χ2n) is 8.11. The highest BCUT2D eigenvalue weighted by molar-refractivity contribution is 7.13. The number of ether oxygens (including phenoxy) is 2. The smallest absolute Gasteiger partial charge is 0.227 e. The Morgan fingerprint density at radius 2 is 1.94 bits per heavy atom. The summed E-state index contributed by atoms with van der Waals surface area (Å²) in [5.74, 6) is 1.30. The molecule has 0 radical (unpaired) electrons. The van der Waals surface area contributed by atoms with Gasteiger partial charge in [0, 0.05) is 66.3 Å². The van der Waals surface area contributed by atoms with Crippen LogP contribution in [-0.4, -0.2) is 60.4 Å². The number of nitrogens with zero attached hydrogens (tertiary/aromatic N) is 4. The van der Waals surface area contributed by atoms with E-state index in [9.17, 15) is 0 Å². The van der Waals surface area contributed by atoms with Gasteiger partial charge in [-0.2, -0.15) is 0 Å². The molecular weight excluding hydrogens is 436 g/mol. The number of nitrogens with one attached hydrogen (secondary N) is 2. The van der Waals surface area contributed by atoms with Gasteiger partial charge in [0.1, 0.15) is 22.4 Å². The summed E-state index contributed by atoms with van der Waals surface area (Å²) in [7, 11) is 0. The molecule has 0 saturated carbocycles. The molecule has 9 heteroatoms. The lowest BCUT2D eigenvalue weighted by atomic mass is 10.1. The highest BCUT2D eigenvalue weighted by Gasteiger charge is 2.21. The van der Waals surface area contributed by atoms with Crippen LogP contribution < -0.4 is 20.3 Å². The zero-order valence-electron chi connectivity index (χ0n) is 18.0. The third kappa shape index (κ3) is 4.35. The van der Waals surface area contributed by atoms with E-state index in [1.165, 1.54) is 5.69 Å². The average Bonchev–Trinajstić information content (AvgIpc) is 3.37. The largest absolute Gasteiger partial charge is 0.485 e.